The van der Waals surface area contributed by atoms with E-state index in [2.05, 4.69) is 10.5 Å². The van der Waals surface area contributed by atoms with Gasteiger partial charge in [-0.1, -0.05) is 35.5 Å². The summed E-state index contributed by atoms with van der Waals surface area (Å²) in [5.74, 6) is -0.651. The van der Waals surface area contributed by atoms with Gasteiger partial charge in [-0.15, -0.1) is 0 Å². The lowest BCUT2D eigenvalue weighted by atomic mass is 10.00. The Kier molecular flexibility index (Phi) is 5.46. The van der Waals surface area contributed by atoms with Gasteiger partial charge in [0.2, 0.25) is 0 Å². The predicted molar refractivity (Wildman–Crippen MR) is 91.2 cm³/mol. The number of nitrogens with zero attached hydrogens (tertiary/aromatic N) is 1. The summed E-state index contributed by atoms with van der Waals surface area (Å²) in [5.41, 5.74) is 1.30. The number of aromatic nitrogens is 1. The van der Waals surface area contributed by atoms with Crippen LogP contribution in [0.15, 0.2) is 34.9 Å². The van der Waals surface area contributed by atoms with Gasteiger partial charge in [0, 0.05) is 17.5 Å². The van der Waals surface area contributed by atoms with Crippen molar-refractivity contribution in [1.82, 2.24) is 10.5 Å². The number of amides is 1. The first kappa shape index (κ1) is 18.5. The highest BCUT2D eigenvalue weighted by atomic mass is 16.6. The molecule has 0 spiro atoms. The minimum absolute atomic E-state index is 0.0359. The average molecular weight is 346 g/mol. The Bertz CT molecular complexity index is 747. The third kappa shape index (κ3) is 5.07. The van der Waals surface area contributed by atoms with Crippen LogP contribution in [0.2, 0.25) is 0 Å². The summed E-state index contributed by atoms with van der Waals surface area (Å²) in [7, 11) is 0. The summed E-state index contributed by atoms with van der Waals surface area (Å²) in [6.45, 7) is 6.83. The van der Waals surface area contributed by atoms with Crippen molar-refractivity contribution in [3.05, 3.63) is 41.7 Å². The fourth-order valence-corrected chi connectivity index (χ4v) is 2.31. The number of benzene rings is 1. The zero-order valence-corrected chi connectivity index (χ0v) is 14.7. The number of carboxylic acids is 1. The highest BCUT2D eigenvalue weighted by Gasteiger charge is 2.27. The van der Waals surface area contributed by atoms with E-state index < -0.39 is 23.7 Å². The molecule has 2 aromatic rings. The van der Waals surface area contributed by atoms with Crippen LogP contribution in [-0.2, 0) is 16.0 Å². The van der Waals surface area contributed by atoms with Crippen LogP contribution in [-0.4, -0.2) is 34.0 Å². The number of aliphatic carboxylic acids is 1. The Balaban J connectivity index is 2.22. The molecule has 1 aromatic heterocycles. The average Bonchev–Trinajstić information content (AvgIpc) is 2.86. The van der Waals surface area contributed by atoms with Crippen LogP contribution in [0.4, 0.5) is 4.79 Å². The Labute approximate surface area is 146 Å². The molecular formula is C18H22N2O5. The lowest BCUT2D eigenvalue weighted by molar-refractivity contribution is -0.139. The van der Waals surface area contributed by atoms with Gasteiger partial charge in [-0.3, -0.25) is 0 Å². The molecule has 2 rings (SSSR count). The van der Waals surface area contributed by atoms with E-state index in [1.807, 2.05) is 30.3 Å². The Morgan fingerprint density at radius 1 is 1.28 bits per heavy atom. The number of carbonyl (C=O) groups excluding carboxylic acids is 1. The molecule has 7 heteroatoms. The van der Waals surface area contributed by atoms with Crippen molar-refractivity contribution in [2.75, 3.05) is 0 Å². The van der Waals surface area contributed by atoms with Crippen LogP contribution >= 0.6 is 0 Å². The molecule has 1 heterocycles. The van der Waals surface area contributed by atoms with Gasteiger partial charge in [-0.25, -0.2) is 9.59 Å². The second kappa shape index (κ2) is 7.38. The van der Waals surface area contributed by atoms with E-state index in [0.29, 0.717) is 17.0 Å². The van der Waals surface area contributed by atoms with Gasteiger partial charge in [0.15, 0.2) is 0 Å². The van der Waals surface area contributed by atoms with E-state index in [4.69, 9.17) is 9.26 Å². The van der Waals surface area contributed by atoms with E-state index in [1.54, 1.807) is 27.7 Å². The molecular weight excluding hydrogens is 324 g/mol. The van der Waals surface area contributed by atoms with Crippen LogP contribution in [0.3, 0.4) is 0 Å². The van der Waals surface area contributed by atoms with Crippen molar-refractivity contribution in [2.24, 2.45) is 0 Å². The van der Waals surface area contributed by atoms with Gasteiger partial charge in [-0.05, 0) is 27.7 Å². The zero-order chi connectivity index (χ0) is 18.6. The highest BCUT2D eigenvalue weighted by molar-refractivity contribution is 5.81. The first-order valence-electron chi connectivity index (χ1n) is 7.90. The van der Waals surface area contributed by atoms with E-state index in [0.717, 1.165) is 5.56 Å². The second-order valence-corrected chi connectivity index (χ2v) is 6.67. The number of nitrogens with one attached hydrogen (secondary N) is 1. The van der Waals surface area contributed by atoms with E-state index in [-0.39, 0.29) is 6.42 Å². The van der Waals surface area contributed by atoms with Gasteiger partial charge in [0.25, 0.3) is 0 Å². The molecule has 0 aliphatic rings. The maximum Gasteiger partial charge on any atom is 0.408 e. The molecule has 0 aliphatic carbocycles. The summed E-state index contributed by atoms with van der Waals surface area (Å²) in [6, 6.07) is 8.15. The summed E-state index contributed by atoms with van der Waals surface area (Å²) in [5, 5.41) is 15.9. The first-order chi connectivity index (χ1) is 11.7. The molecule has 1 amide bonds. The predicted octanol–water partition coefficient (Wildman–Crippen LogP) is 3.17. The number of carboxylic acid groups (broad SMARTS) is 1. The Morgan fingerprint density at radius 3 is 2.48 bits per heavy atom. The number of aryl methyl sites for hydroxylation is 1. The molecule has 25 heavy (non-hydrogen) atoms. The maximum absolute atomic E-state index is 11.9. The SMILES string of the molecule is Cc1onc(-c2ccccc2)c1CC(NC(=O)OC(C)(C)C)C(=O)O. The molecule has 0 saturated carbocycles. The van der Waals surface area contributed by atoms with Gasteiger partial charge >= 0.3 is 12.1 Å². The van der Waals surface area contributed by atoms with E-state index >= 15 is 0 Å². The van der Waals surface area contributed by atoms with E-state index in [1.165, 1.54) is 0 Å². The summed E-state index contributed by atoms with van der Waals surface area (Å²) >= 11 is 0. The molecule has 1 atom stereocenters. The monoisotopic (exact) mass is 346 g/mol. The van der Waals surface area contributed by atoms with Crippen LogP contribution in [0.1, 0.15) is 32.1 Å². The van der Waals surface area contributed by atoms with Crippen molar-refractivity contribution in [3.63, 3.8) is 0 Å². The number of hydrogen-bond donors (Lipinski definition) is 2. The van der Waals surface area contributed by atoms with Crippen LogP contribution in [0.25, 0.3) is 11.3 Å². The quantitative estimate of drug-likeness (QED) is 0.862. The zero-order valence-electron chi connectivity index (χ0n) is 14.7. The molecule has 1 aromatic carbocycles. The van der Waals surface area contributed by atoms with Gasteiger partial charge in [-0.2, -0.15) is 0 Å². The van der Waals surface area contributed by atoms with E-state index in [9.17, 15) is 14.7 Å². The standard InChI is InChI=1S/C18H22N2O5/c1-11-13(15(20-25-11)12-8-6-5-7-9-12)10-14(16(21)22)19-17(23)24-18(2,3)4/h5-9,14H,10H2,1-4H3,(H,19,23)(H,21,22). The van der Waals surface area contributed by atoms with Crippen molar-refractivity contribution < 1.29 is 24.0 Å². The first-order valence-corrected chi connectivity index (χ1v) is 7.90. The number of alkyl carbamates (subject to hydrolysis) is 1. The minimum Gasteiger partial charge on any atom is -0.480 e. The molecule has 0 radical (unpaired) electrons. The Hall–Kier alpha value is -2.83. The van der Waals surface area contributed by atoms with Gasteiger partial charge < -0.3 is 19.7 Å². The van der Waals surface area contributed by atoms with Crippen LogP contribution < -0.4 is 5.32 Å². The largest absolute Gasteiger partial charge is 0.480 e. The molecule has 0 fully saturated rings. The second-order valence-electron chi connectivity index (χ2n) is 6.67. The van der Waals surface area contributed by atoms with Gasteiger partial charge in [0.1, 0.15) is 23.1 Å². The lowest BCUT2D eigenvalue weighted by Gasteiger charge is -2.22. The number of hydrogen-bond acceptors (Lipinski definition) is 5. The molecule has 7 nitrogen and oxygen atoms in total. The van der Waals surface area contributed by atoms with Gasteiger partial charge in [0.05, 0.1) is 0 Å². The van der Waals surface area contributed by atoms with Crippen molar-refractivity contribution in [2.45, 2.75) is 45.8 Å². The number of rotatable bonds is 5. The van der Waals surface area contributed by atoms with Crippen molar-refractivity contribution >= 4 is 12.1 Å². The summed E-state index contributed by atoms with van der Waals surface area (Å²) < 4.78 is 10.4. The third-order valence-electron chi connectivity index (χ3n) is 3.43. The third-order valence-corrected chi connectivity index (χ3v) is 3.43. The molecule has 0 saturated heterocycles. The summed E-state index contributed by atoms with van der Waals surface area (Å²) in [4.78, 5) is 23.5. The topological polar surface area (TPSA) is 102 Å². The molecule has 1 unspecified atom stereocenters. The summed E-state index contributed by atoms with van der Waals surface area (Å²) in [6.07, 6.45) is -0.746. The fourth-order valence-electron chi connectivity index (χ4n) is 2.31. The molecule has 2 N–H and O–H groups in total. The Morgan fingerprint density at radius 2 is 1.92 bits per heavy atom. The van der Waals surface area contributed by atoms with Crippen LogP contribution in [0.5, 0.6) is 0 Å². The highest BCUT2D eigenvalue weighted by Crippen LogP contribution is 2.26. The molecule has 0 bridgehead atoms. The van der Waals surface area contributed by atoms with Crippen LogP contribution in [0, 0.1) is 6.92 Å². The normalized spacial score (nSPS) is 12.5. The molecule has 134 valence electrons. The maximum atomic E-state index is 11.9. The minimum atomic E-state index is -1.16. The van der Waals surface area contributed by atoms with Crippen molar-refractivity contribution in [1.29, 1.82) is 0 Å². The number of ether oxygens (including phenoxy) is 1. The number of carbonyl (C=O) groups is 2. The lowest BCUT2D eigenvalue weighted by Crippen LogP contribution is -2.44. The molecule has 0 aliphatic heterocycles. The van der Waals surface area contributed by atoms with Crippen molar-refractivity contribution in [3.8, 4) is 11.3 Å². The smallest absolute Gasteiger partial charge is 0.408 e. The fraction of sp³-hybridized carbons (Fsp3) is 0.389.